The lowest BCUT2D eigenvalue weighted by Gasteiger charge is -2.35. The Morgan fingerprint density at radius 2 is 1.79 bits per heavy atom. The number of carboxylic acid groups (broad SMARTS) is 1. The Hall–Kier alpha value is -4.39. The van der Waals surface area contributed by atoms with Gasteiger partial charge in [-0.2, -0.15) is 0 Å². The number of piperazine rings is 1. The van der Waals surface area contributed by atoms with E-state index in [2.05, 4.69) is 20.3 Å². The molecule has 1 aromatic carbocycles. The molecule has 3 aromatic rings. The van der Waals surface area contributed by atoms with E-state index in [0.717, 1.165) is 0 Å². The second kappa shape index (κ2) is 12.9. The highest BCUT2D eigenvalue weighted by Crippen LogP contribution is 2.24. The van der Waals surface area contributed by atoms with Gasteiger partial charge >= 0.3 is 12.1 Å². The first-order valence-electron chi connectivity index (χ1n) is 12.4. The van der Waals surface area contributed by atoms with Crippen molar-refractivity contribution in [2.45, 2.75) is 25.8 Å². The minimum atomic E-state index is -1.10. The highest BCUT2D eigenvalue weighted by molar-refractivity contribution is 7.13. The van der Waals surface area contributed by atoms with Gasteiger partial charge in [0.15, 0.2) is 5.82 Å². The highest BCUT2D eigenvalue weighted by Gasteiger charge is 2.31. The Morgan fingerprint density at radius 1 is 1.08 bits per heavy atom. The van der Waals surface area contributed by atoms with Gasteiger partial charge in [-0.3, -0.25) is 14.4 Å². The fourth-order valence-electron chi connectivity index (χ4n) is 4.04. The van der Waals surface area contributed by atoms with Crippen molar-refractivity contribution in [1.29, 1.82) is 0 Å². The molecule has 3 heterocycles. The topological polar surface area (TPSA) is 155 Å². The fraction of sp³-hybridized carbons (Fsp3) is 0.346. The van der Waals surface area contributed by atoms with Crippen LogP contribution in [0.4, 0.5) is 4.79 Å². The molecule has 2 N–H and O–H groups in total. The molecule has 1 atom stereocenters. The molecule has 0 aliphatic carbocycles. The van der Waals surface area contributed by atoms with E-state index >= 15 is 0 Å². The van der Waals surface area contributed by atoms with Crippen LogP contribution in [0.15, 0.2) is 48.0 Å². The Bertz CT molecular complexity index is 1310. The van der Waals surface area contributed by atoms with Crippen LogP contribution < -0.4 is 5.32 Å². The monoisotopic (exact) mass is 552 g/mol. The second-order valence-electron chi connectivity index (χ2n) is 8.64. The van der Waals surface area contributed by atoms with Gasteiger partial charge in [0.05, 0.1) is 6.61 Å². The summed E-state index contributed by atoms with van der Waals surface area (Å²) in [5.41, 5.74) is 1.17. The molecule has 1 saturated heterocycles. The molecule has 0 bridgehead atoms. The maximum absolute atomic E-state index is 13.4. The van der Waals surface area contributed by atoms with Crippen molar-refractivity contribution in [3.63, 3.8) is 0 Å². The third-order valence-corrected chi connectivity index (χ3v) is 6.81. The number of carboxylic acids is 1. The number of nitrogens with one attached hydrogen (secondary N) is 1. The number of aliphatic carboxylic acids is 1. The number of nitrogens with zero attached hydrogens (tertiary/aromatic N) is 5. The van der Waals surface area contributed by atoms with Crippen LogP contribution in [0.3, 0.4) is 0 Å². The van der Waals surface area contributed by atoms with Gasteiger partial charge in [-0.25, -0.2) is 19.7 Å². The van der Waals surface area contributed by atoms with E-state index in [1.807, 2.05) is 30.3 Å². The lowest BCUT2D eigenvalue weighted by atomic mass is 10.1. The standard InChI is InChI=1S/C26H28N6O6S/c1-2-38-26(37)32-13-11-31(12-14-32)25(36)18(8-9-21(33)34)30-23(35)19-16-20(24-27-10-15-39-24)29-22(28-19)17-6-4-3-5-7-17/h3-7,10,15-16,18H,2,8-9,11-14H2,1H3,(H,30,35)(H,33,34)/t18-/m0/s1. The van der Waals surface area contributed by atoms with Crippen LogP contribution >= 0.6 is 11.3 Å². The van der Waals surface area contributed by atoms with Crippen molar-refractivity contribution in [3.05, 3.63) is 53.7 Å². The van der Waals surface area contributed by atoms with Gasteiger partial charge in [-0.1, -0.05) is 30.3 Å². The zero-order valence-electron chi connectivity index (χ0n) is 21.3. The van der Waals surface area contributed by atoms with Crippen molar-refractivity contribution in [2.75, 3.05) is 32.8 Å². The van der Waals surface area contributed by atoms with Crippen LogP contribution in [0.2, 0.25) is 0 Å². The summed E-state index contributed by atoms with van der Waals surface area (Å²) < 4.78 is 5.01. The zero-order valence-corrected chi connectivity index (χ0v) is 22.1. The average Bonchev–Trinajstić information content (AvgIpc) is 3.50. The van der Waals surface area contributed by atoms with E-state index in [4.69, 9.17) is 4.74 Å². The molecule has 39 heavy (non-hydrogen) atoms. The molecule has 1 aliphatic heterocycles. The lowest BCUT2D eigenvalue weighted by Crippen LogP contribution is -2.56. The molecule has 0 radical (unpaired) electrons. The van der Waals surface area contributed by atoms with Gasteiger partial charge in [0.1, 0.15) is 22.4 Å². The summed E-state index contributed by atoms with van der Waals surface area (Å²) in [6.07, 6.45) is 0.762. The molecule has 204 valence electrons. The number of benzene rings is 1. The third-order valence-electron chi connectivity index (χ3n) is 6.01. The van der Waals surface area contributed by atoms with Crippen molar-refractivity contribution in [3.8, 4) is 22.1 Å². The minimum absolute atomic E-state index is 0.0225. The number of thiazole rings is 1. The summed E-state index contributed by atoms with van der Waals surface area (Å²) in [6.45, 7) is 2.98. The smallest absolute Gasteiger partial charge is 0.409 e. The molecule has 1 fully saturated rings. The van der Waals surface area contributed by atoms with Crippen molar-refractivity contribution in [2.24, 2.45) is 0 Å². The number of rotatable bonds is 9. The predicted octanol–water partition coefficient (Wildman–Crippen LogP) is 2.53. The molecule has 0 spiro atoms. The summed E-state index contributed by atoms with van der Waals surface area (Å²) in [5.74, 6) is -1.84. The highest BCUT2D eigenvalue weighted by atomic mass is 32.1. The molecular formula is C26H28N6O6S. The van der Waals surface area contributed by atoms with Crippen LogP contribution in [0, 0.1) is 0 Å². The van der Waals surface area contributed by atoms with Crippen molar-refractivity contribution >= 4 is 35.2 Å². The molecule has 2 aromatic heterocycles. The second-order valence-corrected chi connectivity index (χ2v) is 9.53. The molecule has 13 heteroatoms. The van der Waals surface area contributed by atoms with E-state index in [1.165, 1.54) is 27.2 Å². The first-order chi connectivity index (χ1) is 18.9. The number of carbonyl (C=O) groups excluding carboxylic acids is 3. The van der Waals surface area contributed by atoms with E-state index in [1.54, 1.807) is 18.5 Å². The number of hydrogen-bond acceptors (Lipinski definition) is 9. The number of carbonyl (C=O) groups is 4. The largest absolute Gasteiger partial charge is 0.481 e. The van der Waals surface area contributed by atoms with E-state index in [-0.39, 0.29) is 51.3 Å². The number of amides is 3. The SMILES string of the molecule is CCOC(=O)N1CCN(C(=O)[C@H](CCC(=O)O)NC(=O)c2cc(-c3nccs3)nc(-c3ccccc3)n2)CC1. The summed E-state index contributed by atoms with van der Waals surface area (Å²) in [7, 11) is 0. The van der Waals surface area contributed by atoms with Crippen molar-refractivity contribution < 1.29 is 29.0 Å². The summed E-state index contributed by atoms with van der Waals surface area (Å²) >= 11 is 1.36. The van der Waals surface area contributed by atoms with Crippen molar-refractivity contribution in [1.82, 2.24) is 30.1 Å². The first-order valence-corrected chi connectivity index (χ1v) is 13.3. The fourth-order valence-corrected chi connectivity index (χ4v) is 4.64. The predicted molar refractivity (Wildman–Crippen MR) is 142 cm³/mol. The molecular weight excluding hydrogens is 524 g/mol. The molecule has 4 rings (SSSR count). The number of aromatic nitrogens is 3. The minimum Gasteiger partial charge on any atom is -0.481 e. The quantitative estimate of drug-likeness (QED) is 0.407. The number of ether oxygens (including phenoxy) is 1. The average molecular weight is 553 g/mol. The molecule has 3 amide bonds. The van der Waals surface area contributed by atoms with E-state index < -0.39 is 29.9 Å². The maximum Gasteiger partial charge on any atom is 0.409 e. The van der Waals surface area contributed by atoms with Crippen LogP contribution in [0.25, 0.3) is 22.1 Å². The normalized spacial score (nSPS) is 14.0. The van der Waals surface area contributed by atoms with Crippen LogP contribution in [-0.4, -0.2) is 92.6 Å². The van der Waals surface area contributed by atoms with Crippen LogP contribution in [-0.2, 0) is 14.3 Å². The molecule has 1 aliphatic rings. The van der Waals surface area contributed by atoms with Gasteiger partial charge in [0, 0.05) is 49.7 Å². The maximum atomic E-state index is 13.4. The molecule has 12 nitrogen and oxygen atoms in total. The first kappa shape index (κ1) is 27.6. The van der Waals surface area contributed by atoms with E-state index in [0.29, 0.717) is 22.1 Å². The Morgan fingerprint density at radius 3 is 2.44 bits per heavy atom. The Balaban J connectivity index is 1.55. The number of hydrogen-bond donors (Lipinski definition) is 2. The Labute approximate surface area is 228 Å². The summed E-state index contributed by atoms with van der Waals surface area (Å²) in [4.78, 5) is 66.4. The molecule has 0 saturated carbocycles. The van der Waals surface area contributed by atoms with Gasteiger partial charge in [0.2, 0.25) is 5.91 Å². The third kappa shape index (κ3) is 7.13. The van der Waals surface area contributed by atoms with Gasteiger partial charge in [-0.15, -0.1) is 11.3 Å². The molecule has 0 unspecified atom stereocenters. The summed E-state index contributed by atoms with van der Waals surface area (Å²) in [6, 6.07) is 9.55. The van der Waals surface area contributed by atoms with Gasteiger partial charge < -0.3 is 25.0 Å². The lowest BCUT2D eigenvalue weighted by molar-refractivity contribution is -0.138. The summed E-state index contributed by atoms with van der Waals surface area (Å²) in [5, 5.41) is 14.3. The van der Waals surface area contributed by atoms with Crippen LogP contribution in [0.1, 0.15) is 30.3 Å². The van der Waals surface area contributed by atoms with E-state index in [9.17, 15) is 24.3 Å². The van der Waals surface area contributed by atoms with Gasteiger partial charge in [-0.05, 0) is 19.4 Å². The Kier molecular flexibility index (Phi) is 9.15. The van der Waals surface area contributed by atoms with Gasteiger partial charge in [0.25, 0.3) is 5.91 Å². The zero-order chi connectivity index (χ0) is 27.8. The van der Waals surface area contributed by atoms with Crippen LogP contribution in [0.5, 0.6) is 0 Å².